The Bertz CT molecular complexity index is 963. The minimum absolute atomic E-state index is 0.308. The van der Waals surface area contributed by atoms with Crippen LogP contribution < -0.4 is 5.32 Å². The Morgan fingerprint density at radius 1 is 0.596 bits per heavy atom. The zero-order chi connectivity index (χ0) is 41.8. The Balaban J connectivity index is 2.42. The van der Waals surface area contributed by atoms with E-state index in [0.29, 0.717) is 19.3 Å². The van der Waals surface area contributed by atoms with Crippen LogP contribution in [0, 0.1) is 0 Å². The van der Waals surface area contributed by atoms with Gasteiger partial charge in [0.2, 0.25) is 5.91 Å². The number of carbonyl (C=O) groups is 1. The Kier molecular flexibility index (Phi) is 35.4. The second-order valence-electron chi connectivity index (χ2n) is 16.7. The third-order valence-corrected chi connectivity index (χ3v) is 11.4. The van der Waals surface area contributed by atoms with Gasteiger partial charge in [0.05, 0.1) is 25.4 Å². The van der Waals surface area contributed by atoms with Gasteiger partial charge in [0, 0.05) is 0 Å². The molecule has 8 atom stereocenters. The first-order valence-corrected chi connectivity index (χ1v) is 23.7. The lowest BCUT2D eigenvalue weighted by molar-refractivity contribution is -0.302. The highest BCUT2D eigenvalue weighted by atomic mass is 16.7. The van der Waals surface area contributed by atoms with E-state index >= 15 is 0 Å². The predicted octanol–water partition coefficient (Wildman–Crippen LogP) is 8.86. The molecule has 1 amide bonds. The number of hydrogen-bond donors (Lipinski definition) is 7. The fourth-order valence-electron chi connectivity index (χ4n) is 7.47. The van der Waals surface area contributed by atoms with Crippen LogP contribution in [0.2, 0.25) is 0 Å². The van der Waals surface area contributed by atoms with Gasteiger partial charge in [-0.2, -0.15) is 0 Å². The summed E-state index contributed by atoms with van der Waals surface area (Å²) >= 11 is 0. The summed E-state index contributed by atoms with van der Waals surface area (Å²) in [5.74, 6) is -0.624. The average molecular weight is 812 g/mol. The van der Waals surface area contributed by atoms with Crippen molar-refractivity contribution >= 4 is 5.91 Å². The number of allylic oxidation sites excluding steroid dienone is 3. The molecule has 1 saturated heterocycles. The number of carbonyl (C=O) groups excluding carboxylic acids is 1. The van der Waals surface area contributed by atoms with Crippen LogP contribution in [-0.4, -0.2) is 98.7 Å². The molecule has 0 aromatic rings. The summed E-state index contributed by atoms with van der Waals surface area (Å²) in [6, 6.07) is -0.992. The van der Waals surface area contributed by atoms with Crippen LogP contribution in [-0.2, 0) is 14.3 Å². The Morgan fingerprint density at radius 2 is 1.04 bits per heavy atom. The number of nitrogens with one attached hydrogen (secondary N) is 1. The summed E-state index contributed by atoms with van der Waals surface area (Å²) in [7, 11) is 0. The van der Waals surface area contributed by atoms with Gasteiger partial charge in [-0.1, -0.05) is 199 Å². The minimum atomic E-state index is -1.61. The van der Waals surface area contributed by atoms with E-state index in [9.17, 15) is 35.4 Å². The van der Waals surface area contributed by atoms with Crippen LogP contribution in [0.5, 0.6) is 0 Å². The van der Waals surface area contributed by atoms with E-state index in [0.717, 1.165) is 32.1 Å². The molecule has 7 N–H and O–H groups in total. The maximum absolute atomic E-state index is 13.0. The van der Waals surface area contributed by atoms with Crippen molar-refractivity contribution in [2.24, 2.45) is 0 Å². The number of ether oxygens (including phenoxy) is 2. The Labute approximate surface area is 348 Å². The summed E-state index contributed by atoms with van der Waals surface area (Å²) in [6.07, 6.45) is 34.1. The van der Waals surface area contributed by atoms with Crippen molar-refractivity contribution in [2.45, 2.75) is 255 Å². The van der Waals surface area contributed by atoms with E-state index in [4.69, 9.17) is 9.47 Å². The molecular weight excluding hydrogens is 723 g/mol. The van der Waals surface area contributed by atoms with Gasteiger partial charge in [0.1, 0.15) is 30.5 Å². The molecule has 0 saturated carbocycles. The Hall–Kier alpha value is -1.37. The van der Waals surface area contributed by atoms with Crippen LogP contribution in [0.15, 0.2) is 24.3 Å². The molecule has 1 aliphatic rings. The predicted molar refractivity (Wildman–Crippen MR) is 232 cm³/mol. The molecular formula is C47H89NO9. The molecule has 336 valence electrons. The van der Waals surface area contributed by atoms with Crippen LogP contribution >= 0.6 is 0 Å². The van der Waals surface area contributed by atoms with E-state index in [2.05, 4.69) is 31.3 Å². The highest BCUT2D eigenvalue weighted by molar-refractivity contribution is 5.80. The molecule has 1 fully saturated rings. The quantitative estimate of drug-likeness (QED) is 0.0237. The maximum Gasteiger partial charge on any atom is 0.249 e. The molecule has 10 nitrogen and oxygen atoms in total. The lowest BCUT2D eigenvalue weighted by atomic mass is 9.99. The first-order chi connectivity index (χ1) is 27.8. The molecule has 1 aliphatic heterocycles. The summed E-state index contributed by atoms with van der Waals surface area (Å²) in [4.78, 5) is 13.0. The molecule has 0 bridgehead atoms. The Morgan fingerprint density at radius 3 is 1.53 bits per heavy atom. The molecule has 0 aliphatic carbocycles. The van der Waals surface area contributed by atoms with Crippen LogP contribution in [0.3, 0.4) is 0 Å². The molecule has 1 heterocycles. The molecule has 0 radical (unpaired) electrons. The molecule has 0 aromatic heterocycles. The molecule has 0 aromatic carbocycles. The van der Waals surface area contributed by atoms with Crippen molar-refractivity contribution in [1.29, 1.82) is 0 Å². The first-order valence-electron chi connectivity index (χ1n) is 23.7. The van der Waals surface area contributed by atoms with E-state index in [1.54, 1.807) is 6.08 Å². The zero-order valence-corrected chi connectivity index (χ0v) is 36.5. The van der Waals surface area contributed by atoms with Gasteiger partial charge in [-0.15, -0.1) is 0 Å². The normalized spacial score (nSPS) is 21.7. The first kappa shape index (κ1) is 53.6. The highest BCUT2D eigenvalue weighted by Gasteiger charge is 2.44. The van der Waals surface area contributed by atoms with E-state index in [1.165, 1.54) is 141 Å². The summed E-state index contributed by atoms with van der Waals surface area (Å²) in [6.45, 7) is 3.59. The largest absolute Gasteiger partial charge is 0.394 e. The van der Waals surface area contributed by atoms with Gasteiger partial charge < -0.3 is 45.4 Å². The van der Waals surface area contributed by atoms with E-state index in [-0.39, 0.29) is 6.61 Å². The minimum Gasteiger partial charge on any atom is -0.394 e. The smallest absolute Gasteiger partial charge is 0.249 e. The maximum atomic E-state index is 13.0. The van der Waals surface area contributed by atoms with Crippen LogP contribution in [0.25, 0.3) is 0 Å². The molecule has 1 rings (SSSR count). The topological polar surface area (TPSA) is 169 Å². The van der Waals surface area contributed by atoms with Crippen LogP contribution in [0.4, 0.5) is 0 Å². The lowest BCUT2D eigenvalue weighted by Gasteiger charge is -2.40. The fourth-order valence-corrected chi connectivity index (χ4v) is 7.47. The number of amides is 1. The highest BCUT2D eigenvalue weighted by Crippen LogP contribution is 2.23. The second kappa shape index (κ2) is 37.6. The SMILES string of the molecule is CCCCCCCCCCC/C=C/CC/C=C/C(O)C(COC1OC(CO)C(O)C(O)C1O)NC(=O)C(O)CCCCCCCCCCCCCCCCCCC. The van der Waals surface area contributed by atoms with Crippen LogP contribution in [0.1, 0.15) is 206 Å². The number of rotatable bonds is 39. The van der Waals surface area contributed by atoms with Crippen molar-refractivity contribution in [3.63, 3.8) is 0 Å². The van der Waals surface area contributed by atoms with Gasteiger partial charge in [-0.3, -0.25) is 4.79 Å². The monoisotopic (exact) mass is 812 g/mol. The number of aliphatic hydroxyl groups excluding tert-OH is 6. The van der Waals surface area contributed by atoms with Crippen molar-refractivity contribution in [3.8, 4) is 0 Å². The second-order valence-corrected chi connectivity index (χ2v) is 16.7. The van der Waals surface area contributed by atoms with Gasteiger partial charge in [-0.05, 0) is 32.1 Å². The summed E-state index contributed by atoms with van der Waals surface area (Å²) in [5.41, 5.74) is 0. The third kappa shape index (κ3) is 27.9. The molecule has 8 unspecified atom stereocenters. The lowest BCUT2D eigenvalue weighted by Crippen LogP contribution is -2.60. The molecule has 10 heteroatoms. The average Bonchev–Trinajstić information content (AvgIpc) is 3.21. The van der Waals surface area contributed by atoms with E-state index in [1.807, 2.05) is 6.08 Å². The van der Waals surface area contributed by atoms with Gasteiger partial charge in [0.15, 0.2) is 6.29 Å². The fraction of sp³-hybridized carbons (Fsp3) is 0.894. The molecule has 0 spiro atoms. The van der Waals surface area contributed by atoms with Crippen molar-refractivity contribution in [3.05, 3.63) is 24.3 Å². The van der Waals surface area contributed by atoms with Crippen molar-refractivity contribution < 1.29 is 44.9 Å². The van der Waals surface area contributed by atoms with Gasteiger partial charge >= 0.3 is 0 Å². The zero-order valence-electron chi connectivity index (χ0n) is 36.5. The third-order valence-electron chi connectivity index (χ3n) is 11.4. The van der Waals surface area contributed by atoms with Gasteiger partial charge in [0.25, 0.3) is 0 Å². The van der Waals surface area contributed by atoms with Crippen molar-refractivity contribution in [1.82, 2.24) is 5.32 Å². The standard InChI is InChI=1S/C47H89NO9/c1-3-5-7-9-11-13-15-17-19-20-22-24-26-28-30-32-34-36-41(51)46(55)48-39(38-56-47-45(54)44(53)43(52)42(37-49)57-47)40(50)35-33-31-29-27-25-23-21-18-16-14-12-10-8-6-4-2/h25,27,33,35,39-45,47,49-54H,3-24,26,28-32,34,36-38H2,1-2H3,(H,48,55)/b27-25+,35-33+. The van der Waals surface area contributed by atoms with Gasteiger partial charge in [-0.25, -0.2) is 0 Å². The van der Waals surface area contributed by atoms with E-state index < -0.39 is 61.5 Å². The number of aliphatic hydroxyl groups is 6. The summed E-state index contributed by atoms with van der Waals surface area (Å²) in [5, 5.41) is 64.6. The number of unbranched alkanes of at least 4 members (excludes halogenated alkanes) is 26. The molecule has 57 heavy (non-hydrogen) atoms. The van der Waals surface area contributed by atoms with Crippen molar-refractivity contribution in [2.75, 3.05) is 13.2 Å². The summed E-state index contributed by atoms with van der Waals surface area (Å²) < 4.78 is 11.1. The number of hydrogen-bond acceptors (Lipinski definition) is 9.